The molecule has 0 saturated carbocycles. The molecule has 0 spiro atoms. The number of aromatic nitrogens is 2. The van der Waals surface area contributed by atoms with Crippen molar-refractivity contribution in [3.63, 3.8) is 0 Å². The Labute approximate surface area is 189 Å². The van der Waals surface area contributed by atoms with Gasteiger partial charge in [-0.25, -0.2) is 9.97 Å². The number of benzene rings is 1. The van der Waals surface area contributed by atoms with Crippen molar-refractivity contribution >= 4 is 52.3 Å². The summed E-state index contributed by atoms with van der Waals surface area (Å²) in [6, 6.07) is 7.01. The monoisotopic (exact) mass is 472 g/mol. The minimum Gasteiger partial charge on any atom is -0.354 e. The van der Waals surface area contributed by atoms with E-state index in [9.17, 15) is 18.0 Å². The van der Waals surface area contributed by atoms with Crippen LogP contribution in [-0.2, 0) is 6.18 Å². The van der Waals surface area contributed by atoms with Gasteiger partial charge in [-0.15, -0.1) is 12.4 Å². The molecular weight excluding hydrogens is 452 g/mol. The molecule has 5 nitrogen and oxygen atoms in total. The second kappa shape index (κ2) is 9.70. The standard InChI is InChI=1S/C21H20ClF3N4O.ClH/c1-4-29(5-2)20(30)15-11-26-19-14(8-6-12(3)27-19)18(15)28-13-7-9-17(22)16(10-13)21(23,24)25;/h6-11H,4-5H2,1-3H3,(H,26,27,28);1H. The number of carbonyl (C=O) groups excluding carboxylic acids is 1. The molecule has 10 heteroatoms. The fourth-order valence-electron chi connectivity index (χ4n) is 3.11. The summed E-state index contributed by atoms with van der Waals surface area (Å²) in [4.78, 5) is 23.3. The van der Waals surface area contributed by atoms with E-state index in [1.807, 2.05) is 13.8 Å². The molecule has 0 aliphatic carbocycles. The Morgan fingerprint density at radius 1 is 1.16 bits per heavy atom. The van der Waals surface area contributed by atoms with Crippen molar-refractivity contribution in [2.75, 3.05) is 18.4 Å². The Morgan fingerprint density at radius 2 is 1.84 bits per heavy atom. The SMILES string of the molecule is CCN(CC)C(=O)c1cnc2nc(C)ccc2c1Nc1ccc(Cl)c(C(F)(F)F)c1.Cl. The first-order chi connectivity index (χ1) is 14.2. The summed E-state index contributed by atoms with van der Waals surface area (Å²) in [5, 5.41) is 3.10. The summed E-state index contributed by atoms with van der Waals surface area (Å²) in [5.41, 5.74) is 0.903. The molecule has 1 aromatic carbocycles. The number of nitrogens with one attached hydrogen (secondary N) is 1. The van der Waals surface area contributed by atoms with Gasteiger partial charge in [-0.3, -0.25) is 4.79 Å². The maximum absolute atomic E-state index is 13.3. The highest BCUT2D eigenvalue weighted by molar-refractivity contribution is 6.31. The van der Waals surface area contributed by atoms with Crippen LogP contribution in [0.3, 0.4) is 0 Å². The van der Waals surface area contributed by atoms with E-state index < -0.39 is 16.8 Å². The predicted octanol–water partition coefficient (Wildman–Crippen LogP) is 6.26. The average Bonchev–Trinajstić information content (AvgIpc) is 2.69. The van der Waals surface area contributed by atoms with E-state index in [-0.39, 0.29) is 29.6 Å². The molecule has 0 aliphatic heterocycles. The number of hydrogen-bond donors (Lipinski definition) is 1. The van der Waals surface area contributed by atoms with Crippen LogP contribution in [0.4, 0.5) is 24.5 Å². The molecule has 0 radical (unpaired) electrons. The van der Waals surface area contributed by atoms with Crippen molar-refractivity contribution in [2.24, 2.45) is 0 Å². The Balaban J connectivity index is 0.00000341. The number of pyridine rings is 2. The largest absolute Gasteiger partial charge is 0.417 e. The predicted molar refractivity (Wildman–Crippen MR) is 119 cm³/mol. The molecule has 1 N–H and O–H groups in total. The van der Waals surface area contributed by atoms with Crippen LogP contribution < -0.4 is 5.32 Å². The lowest BCUT2D eigenvalue weighted by Gasteiger charge is -2.22. The molecule has 3 aromatic rings. The number of rotatable bonds is 5. The van der Waals surface area contributed by atoms with Gasteiger partial charge in [0.2, 0.25) is 0 Å². The number of halogens is 5. The number of anilines is 2. The number of hydrogen-bond acceptors (Lipinski definition) is 4. The van der Waals surface area contributed by atoms with Crippen LogP contribution in [0.1, 0.15) is 35.5 Å². The quantitative estimate of drug-likeness (QED) is 0.476. The van der Waals surface area contributed by atoms with Gasteiger partial charge in [0.25, 0.3) is 5.91 Å². The second-order valence-electron chi connectivity index (χ2n) is 6.67. The molecule has 2 aromatic heterocycles. The van der Waals surface area contributed by atoms with E-state index >= 15 is 0 Å². The normalized spacial score (nSPS) is 11.2. The van der Waals surface area contributed by atoms with Crippen LogP contribution >= 0.6 is 24.0 Å². The van der Waals surface area contributed by atoms with Crippen molar-refractivity contribution < 1.29 is 18.0 Å². The van der Waals surface area contributed by atoms with Gasteiger partial charge >= 0.3 is 6.18 Å². The molecule has 0 fully saturated rings. The fourth-order valence-corrected chi connectivity index (χ4v) is 3.34. The van der Waals surface area contributed by atoms with Crippen LogP contribution in [0, 0.1) is 6.92 Å². The van der Waals surface area contributed by atoms with Crippen LogP contribution in [0.2, 0.25) is 5.02 Å². The molecule has 0 saturated heterocycles. The van der Waals surface area contributed by atoms with Crippen LogP contribution in [0.5, 0.6) is 0 Å². The minimum absolute atomic E-state index is 0. The van der Waals surface area contributed by atoms with Crippen molar-refractivity contribution in [3.8, 4) is 0 Å². The van der Waals surface area contributed by atoms with Crippen molar-refractivity contribution in [1.82, 2.24) is 14.9 Å². The lowest BCUT2D eigenvalue weighted by Crippen LogP contribution is -2.31. The number of carbonyl (C=O) groups is 1. The van der Waals surface area contributed by atoms with E-state index in [1.54, 1.807) is 24.0 Å². The smallest absolute Gasteiger partial charge is 0.354 e. The van der Waals surface area contributed by atoms with Gasteiger partial charge in [-0.2, -0.15) is 13.2 Å². The Hall–Kier alpha value is -2.58. The third-order valence-corrected chi connectivity index (χ3v) is 5.02. The molecule has 31 heavy (non-hydrogen) atoms. The fraction of sp³-hybridized carbons (Fsp3) is 0.286. The second-order valence-corrected chi connectivity index (χ2v) is 7.07. The van der Waals surface area contributed by atoms with E-state index in [4.69, 9.17) is 11.6 Å². The molecule has 166 valence electrons. The van der Waals surface area contributed by atoms with Gasteiger partial charge in [-0.1, -0.05) is 11.6 Å². The first kappa shape index (κ1) is 24.7. The number of aryl methyl sites for hydroxylation is 1. The number of nitrogens with zero attached hydrogens (tertiary/aromatic N) is 3. The van der Waals surface area contributed by atoms with Gasteiger partial charge in [0.05, 0.1) is 21.8 Å². The Bertz CT molecular complexity index is 1100. The summed E-state index contributed by atoms with van der Waals surface area (Å²) in [5.74, 6) is -0.275. The first-order valence-corrected chi connectivity index (χ1v) is 9.72. The van der Waals surface area contributed by atoms with Crippen LogP contribution in [0.25, 0.3) is 11.0 Å². The van der Waals surface area contributed by atoms with Gasteiger partial charge in [0.1, 0.15) is 0 Å². The highest BCUT2D eigenvalue weighted by Gasteiger charge is 2.33. The van der Waals surface area contributed by atoms with E-state index in [1.165, 1.54) is 18.3 Å². The highest BCUT2D eigenvalue weighted by Crippen LogP contribution is 2.37. The molecule has 1 amide bonds. The molecule has 0 unspecified atom stereocenters. The van der Waals surface area contributed by atoms with Gasteiger partial charge in [0, 0.05) is 36.1 Å². The Morgan fingerprint density at radius 3 is 2.45 bits per heavy atom. The van der Waals surface area contributed by atoms with E-state index in [2.05, 4.69) is 15.3 Å². The third-order valence-electron chi connectivity index (χ3n) is 4.69. The molecule has 2 heterocycles. The summed E-state index contributed by atoms with van der Waals surface area (Å²) < 4.78 is 39.8. The highest BCUT2D eigenvalue weighted by atomic mass is 35.5. The molecule has 0 aliphatic rings. The van der Waals surface area contributed by atoms with Crippen LogP contribution in [0.15, 0.2) is 36.5 Å². The van der Waals surface area contributed by atoms with Gasteiger partial charge in [0.15, 0.2) is 5.65 Å². The molecule has 0 bridgehead atoms. The Kier molecular flexibility index (Phi) is 7.72. The summed E-state index contributed by atoms with van der Waals surface area (Å²) in [7, 11) is 0. The maximum Gasteiger partial charge on any atom is 0.417 e. The molecule has 3 rings (SSSR count). The zero-order valence-electron chi connectivity index (χ0n) is 17.0. The minimum atomic E-state index is -4.60. The average molecular weight is 473 g/mol. The molecule has 0 atom stereocenters. The molecular formula is C21H21Cl2F3N4O. The zero-order chi connectivity index (χ0) is 22.1. The number of amides is 1. The van der Waals surface area contributed by atoms with Crippen molar-refractivity contribution in [3.05, 3.63) is 58.4 Å². The zero-order valence-corrected chi connectivity index (χ0v) is 18.6. The van der Waals surface area contributed by atoms with Crippen molar-refractivity contribution in [1.29, 1.82) is 0 Å². The van der Waals surface area contributed by atoms with E-state index in [0.29, 0.717) is 29.8 Å². The lowest BCUT2D eigenvalue weighted by molar-refractivity contribution is -0.137. The van der Waals surface area contributed by atoms with Crippen molar-refractivity contribution in [2.45, 2.75) is 26.9 Å². The topological polar surface area (TPSA) is 58.1 Å². The third kappa shape index (κ3) is 5.19. The maximum atomic E-state index is 13.3. The van der Waals surface area contributed by atoms with Crippen LogP contribution in [-0.4, -0.2) is 33.9 Å². The number of alkyl halides is 3. The summed E-state index contributed by atoms with van der Waals surface area (Å²) in [6.45, 7) is 6.47. The summed E-state index contributed by atoms with van der Waals surface area (Å²) in [6.07, 6.45) is -3.20. The van der Waals surface area contributed by atoms with Gasteiger partial charge < -0.3 is 10.2 Å². The number of fused-ring (bicyclic) bond motifs is 1. The lowest BCUT2D eigenvalue weighted by atomic mass is 10.1. The van der Waals surface area contributed by atoms with Gasteiger partial charge in [-0.05, 0) is 51.1 Å². The van der Waals surface area contributed by atoms with E-state index in [0.717, 1.165) is 11.8 Å². The first-order valence-electron chi connectivity index (χ1n) is 9.35. The summed E-state index contributed by atoms with van der Waals surface area (Å²) >= 11 is 5.73.